The Hall–Kier alpha value is -2.94. The number of para-hydroxylation sites is 1. The third kappa shape index (κ3) is 4.62. The Balaban J connectivity index is 1.68. The molecule has 1 aromatic heterocycles. The second-order valence-electron chi connectivity index (χ2n) is 6.55. The molecule has 4 aromatic rings. The molecule has 11 heteroatoms. The number of fused-ring (bicyclic) bond motifs is 1. The third-order valence-electron chi connectivity index (χ3n) is 4.39. The van der Waals surface area contributed by atoms with Crippen LogP contribution in [0.4, 0.5) is 5.69 Å². The van der Waals surface area contributed by atoms with Gasteiger partial charge in [0.1, 0.15) is 0 Å². The van der Waals surface area contributed by atoms with Crippen molar-refractivity contribution in [3.63, 3.8) is 0 Å². The molecule has 0 fully saturated rings. The standard InChI is InChI=1S/C21H13AsBrN2O6S/c23-12-6-8-17(15(10-12)21(27)28)22-20(26)19-16-11-14(7-9-18(16)24-31-19)32(29,30)25-13-4-2-1-3-5-13/h1-11,25H,(H,27,28). The van der Waals surface area contributed by atoms with Crippen molar-refractivity contribution in [1.82, 2.24) is 5.16 Å². The van der Waals surface area contributed by atoms with Crippen molar-refractivity contribution in [2.24, 2.45) is 0 Å². The molecule has 0 spiro atoms. The zero-order chi connectivity index (χ0) is 22.9. The maximum atomic E-state index is 12.9. The predicted octanol–water partition coefficient (Wildman–Crippen LogP) is 3.26. The van der Waals surface area contributed by atoms with E-state index in [0.717, 1.165) is 0 Å². The fourth-order valence-corrected chi connectivity index (χ4v) is 6.26. The Bertz CT molecular complexity index is 1450. The molecule has 4 rings (SSSR count). The van der Waals surface area contributed by atoms with Gasteiger partial charge in [-0.1, -0.05) is 0 Å². The van der Waals surface area contributed by atoms with E-state index in [-0.39, 0.29) is 21.6 Å². The molecular weight excluding hydrogens is 563 g/mol. The number of carbonyl (C=O) groups excluding carboxylic acids is 1. The van der Waals surface area contributed by atoms with E-state index < -0.39 is 36.3 Å². The van der Waals surface area contributed by atoms with Crippen molar-refractivity contribution in [1.29, 1.82) is 0 Å². The molecule has 32 heavy (non-hydrogen) atoms. The molecule has 0 atom stereocenters. The van der Waals surface area contributed by atoms with Gasteiger partial charge in [-0.3, -0.25) is 0 Å². The summed E-state index contributed by atoms with van der Waals surface area (Å²) in [6.45, 7) is 0. The number of carboxylic acids is 1. The van der Waals surface area contributed by atoms with Crippen LogP contribution >= 0.6 is 15.9 Å². The first kappa shape index (κ1) is 22.3. The van der Waals surface area contributed by atoms with Gasteiger partial charge in [0.05, 0.1) is 0 Å². The number of anilines is 1. The van der Waals surface area contributed by atoms with Crippen molar-refractivity contribution in [2.45, 2.75) is 4.90 Å². The SMILES string of the molecule is O=C(O)c1cc(Br)ccc1[As]C(=O)c1onc2ccc(S(=O)(=O)Nc3ccccc3)cc12. The minimum absolute atomic E-state index is 0.0203. The Kier molecular flexibility index (Phi) is 6.19. The van der Waals surface area contributed by atoms with E-state index >= 15 is 0 Å². The molecule has 8 nitrogen and oxygen atoms in total. The van der Waals surface area contributed by atoms with Crippen LogP contribution in [0.1, 0.15) is 20.9 Å². The van der Waals surface area contributed by atoms with Gasteiger partial charge >= 0.3 is 198 Å². The van der Waals surface area contributed by atoms with Crippen molar-refractivity contribution >= 4 is 73.2 Å². The molecule has 3 aromatic carbocycles. The number of hydrogen-bond acceptors (Lipinski definition) is 6. The summed E-state index contributed by atoms with van der Waals surface area (Å²) < 4.78 is 33.8. The van der Waals surface area contributed by atoms with Gasteiger partial charge in [-0.05, 0) is 0 Å². The molecule has 0 saturated carbocycles. The number of rotatable bonds is 7. The van der Waals surface area contributed by atoms with E-state index in [4.69, 9.17) is 4.52 Å². The number of benzene rings is 3. The summed E-state index contributed by atoms with van der Waals surface area (Å²) in [5.41, 5.74) is 0.741. The predicted molar refractivity (Wildman–Crippen MR) is 122 cm³/mol. The number of nitrogens with one attached hydrogen (secondary N) is 1. The van der Waals surface area contributed by atoms with Gasteiger partial charge in [-0.15, -0.1) is 0 Å². The zero-order valence-corrected chi connectivity index (χ0v) is 20.3. The first-order valence-corrected chi connectivity index (χ1v) is 13.2. The molecule has 1 radical (unpaired) electrons. The Morgan fingerprint density at radius 2 is 1.78 bits per heavy atom. The molecule has 0 bridgehead atoms. The topological polar surface area (TPSA) is 127 Å². The summed E-state index contributed by atoms with van der Waals surface area (Å²) in [4.78, 5) is 24.4. The first-order valence-electron chi connectivity index (χ1n) is 9.01. The molecule has 2 N–H and O–H groups in total. The average molecular weight is 576 g/mol. The van der Waals surface area contributed by atoms with E-state index in [2.05, 4.69) is 25.8 Å². The van der Waals surface area contributed by atoms with Gasteiger partial charge < -0.3 is 0 Å². The first-order chi connectivity index (χ1) is 15.2. The van der Waals surface area contributed by atoms with Crippen LogP contribution in [-0.4, -0.2) is 45.0 Å². The van der Waals surface area contributed by atoms with E-state index in [1.165, 1.54) is 24.3 Å². The third-order valence-corrected chi connectivity index (χ3v) is 8.44. The fraction of sp³-hybridized carbons (Fsp3) is 0. The van der Waals surface area contributed by atoms with Gasteiger partial charge in [0.2, 0.25) is 0 Å². The summed E-state index contributed by atoms with van der Waals surface area (Å²) in [5.74, 6) is -1.25. The quantitative estimate of drug-likeness (QED) is 0.324. The number of sulfonamides is 1. The number of halogens is 1. The van der Waals surface area contributed by atoms with Crippen LogP contribution in [0.3, 0.4) is 0 Å². The molecular formula is C21H13AsBrN2O6S. The van der Waals surface area contributed by atoms with Gasteiger partial charge in [-0.25, -0.2) is 0 Å². The number of aromatic carboxylic acids is 1. The van der Waals surface area contributed by atoms with Crippen LogP contribution < -0.4 is 9.07 Å². The second kappa shape index (κ2) is 8.89. The van der Waals surface area contributed by atoms with E-state index in [9.17, 15) is 23.1 Å². The Morgan fingerprint density at radius 3 is 2.50 bits per heavy atom. The van der Waals surface area contributed by atoms with Crippen LogP contribution in [0, 0.1) is 0 Å². The number of nitrogens with zero attached hydrogens (tertiary/aromatic N) is 1. The molecule has 0 aliphatic carbocycles. The Morgan fingerprint density at radius 1 is 1.03 bits per heavy atom. The number of hydrogen-bond donors (Lipinski definition) is 2. The van der Waals surface area contributed by atoms with E-state index in [1.54, 1.807) is 42.5 Å². The van der Waals surface area contributed by atoms with Crippen molar-refractivity contribution < 1.29 is 27.6 Å². The zero-order valence-electron chi connectivity index (χ0n) is 16.0. The number of carbonyl (C=O) groups is 2. The summed E-state index contributed by atoms with van der Waals surface area (Å²) in [6, 6.07) is 17.2. The second-order valence-corrected chi connectivity index (χ2v) is 11.5. The monoisotopic (exact) mass is 575 g/mol. The molecule has 161 valence electrons. The van der Waals surface area contributed by atoms with E-state index in [1.807, 2.05) is 0 Å². The van der Waals surface area contributed by atoms with Crippen LogP contribution in [0.15, 0.2) is 80.6 Å². The molecule has 0 saturated heterocycles. The van der Waals surface area contributed by atoms with Crippen LogP contribution in [0.2, 0.25) is 0 Å². The summed E-state index contributed by atoms with van der Waals surface area (Å²) in [5, 5.41) is 13.5. The molecule has 0 aliphatic heterocycles. The minimum atomic E-state index is -3.91. The van der Waals surface area contributed by atoms with Crippen LogP contribution in [0.25, 0.3) is 10.9 Å². The van der Waals surface area contributed by atoms with Crippen molar-refractivity contribution in [3.8, 4) is 0 Å². The molecule has 0 unspecified atom stereocenters. The summed E-state index contributed by atoms with van der Waals surface area (Å²) in [6.07, 6.45) is 0. The van der Waals surface area contributed by atoms with E-state index in [0.29, 0.717) is 20.0 Å². The molecule has 1 heterocycles. The van der Waals surface area contributed by atoms with Gasteiger partial charge in [0, 0.05) is 0 Å². The normalized spacial score (nSPS) is 11.8. The fourth-order valence-electron chi connectivity index (χ4n) is 2.90. The summed E-state index contributed by atoms with van der Waals surface area (Å²) >= 11 is 1.95. The van der Waals surface area contributed by atoms with Crippen molar-refractivity contribution in [2.75, 3.05) is 4.72 Å². The van der Waals surface area contributed by atoms with Gasteiger partial charge in [-0.2, -0.15) is 0 Å². The van der Waals surface area contributed by atoms with Crippen molar-refractivity contribution in [3.05, 3.63) is 82.5 Å². The Labute approximate surface area is 197 Å². The maximum absolute atomic E-state index is 12.9. The van der Waals surface area contributed by atoms with Crippen LogP contribution in [-0.2, 0) is 10.0 Å². The van der Waals surface area contributed by atoms with Gasteiger partial charge in [0.25, 0.3) is 0 Å². The summed E-state index contributed by atoms with van der Waals surface area (Å²) in [7, 11) is -3.91. The van der Waals surface area contributed by atoms with Crippen LogP contribution in [0.5, 0.6) is 0 Å². The number of carboxylic acid groups (broad SMARTS) is 1. The average Bonchev–Trinajstić information content (AvgIpc) is 3.19. The van der Waals surface area contributed by atoms with Gasteiger partial charge in [0.15, 0.2) is 0 Å². The number of aromatic nitrogens is 1. The molecule has 0 amide bonds. The molecule has 0 aliphatic rings.